The molecule has 6 atom stereocenters. The first-order valence-corrected chi connectivity index (χ1v) is 22.2. The van der Waals surface area contributed by atoms with Crippen molar-refractivity contribution in [2.24, 2.45) is 27.4 Å². The molecule has 7 rings (SSSR count). The number of aromatic hydroxyl groups is 3. The number of nitrogens with one attached hydrogen (secondary N) is 3. The van der Waals surface area contributed by atoms with E-state index in [9.17, 15) is 90.0 Å². The average molecular weight is 976 g/mol. The number of carbonyl (C=O) groups is 3. The number of nitrogens with two attached hydrogens (primary N) is 1. The third-order valence-corrected chi connectivity index (χ3v) is 13.9. The van der Waals surface area contributed by atoms with Crippen molar-refractivity contribution in [3.8, 4) is 17.2 Å². The largest absolute Gasteiger partial charge is 0.503 e. The maximum atomic E-state index is 14.1. The minimum Gasteiger partial charge on any atom is -0.503 e. The van der Waals surface area contributed by atoms with Crippen molar-refractivity contribution in [3.63, 3.8) is 0 Å². The number of pyridine rings is 3. The first kappa shape index (κ1) is 52.6. The third kappa shape index (κ3) is 10.9. The maximum Gasteiger partial charge on any atom is 0.271 e. The summed E-state index contributed by atoms with van der Waals surface area (Å²) in [5, 5.41) is 131. The number of rotatable bonds is 22. The van der Waals surface area contributed by atoms with Gasteiger partial charge in [0.05, 0.1) is 57.8 Å². The fourth-order valence-corrected chi connectivity index (χ4v) is 11.6. The second-order valence-electron chi connectivity index (χ2n) is 19.4. The molecule has 0 aromatic carbocycles. The summed E-state index contributed by atoms with van der Waals surface area (Å²) in [6.45, 7) is -4.48. The van der Waals surface area contributed by atoms with Crippen LogP contribution in [0.4, 0.5) is 0 Å². The Kier molecular flexibility index (Phi) is 15.8. The Labute approximate surface area is 392 Å². The molecule has 0 saturated heterocycles. The molecule has 17 N–H and O–H groups in total. The van der Waals surface area contributed by atoms with Crippen LogP contribution in [0.2, 0.25) is 0 Å². The summed E-state index contributed by atoms with van der Waals surface area (Å²) in [5.41, 5.74) is -1.42. The van der Waals surface area contributed by atoms with Crippen molar-refractivity contribution >= 4 is 17.7 Å². The van der Waals surface area contributed by atoms with Gasteiger partial charge in [-0.25, -0.2) is 0 Å². The van der Waals surface area contributed by atoms with E-state index in [0.29, 0.717) is 19.3 Å². The smallest absolute Gasteiger partial charge is 0.271 e. The van der Waals surface area contributed by atoms with Gasteiger partial charge in [0, 0.05) is 56.4 Å². The molecular formula is C44H61N7O18. The van der Waals surface area contributed by atoms with Crippen LogP contribution in [0, 0.1) is 21.7 Å². The highest BCUT2D eigenvalue weighted by molar-refractivity contribution is 5.96. The minimum absolute atomic E-state index is 0.0619. The van der Waals surface area contributed by atoms with Gasteiger partial charge in [-0.2, -0.15) is 0 Å². The molecule has 6 unspecified atom stereocenters. The summed E-state index contributed by atoms with van der Waals surface area (Å²) in [6, 6.07) is 2.82. The molecule has 4 fully saturated rings. The highest BCUT2D eigenvalue weighted by Gasteiger charge is 2.67. The van der Waals surface area contributed by atoms with E-state index in [4.69, 9.17) is 5.73 Å². The van der Waals surface area contributed by atoms with E-state index < -0.39 is 166 Å². The van der Waals surface area contributed by atoms with E-state index >= 15 is 0 Å². The lowest BCUT2D eigenvalue weighted by molar-refractivity contribution is -0.192. The van der Waals surface area contributed by atoms with Crippen molar-refractivity contribution in [1.29, 1.82) is 0 Å². The van der Waals surface area contributed by atoms with Crippen LogP contribution in [0.1, 0.15) is 70.0 Å². The second-order valence-corrected chi connectivity index (χ2v) is 19.4. The lowest BCUT2D eigenvalue weighted by Crippen LogP contribution is -2.68. The molecule has 0 aliphatic heterocycles. The van der Waals surface area contributed by atoms with Gasteiger partial charge in [0.2, 0.25) is 16.3 Å². The SMILES string of the molecule is NCC12C[C@]3(CNC(=O)c4c(O)c(=O)ccn4CC(O)C(O)CO)C[C@](CNC(=O)c4c(O)c(=O)ccn4CC(O)C(O)CO)(C1)C[C@](CNC(=O)c1c(O)c(=O)ccn1CC(O)C(O)CO)(C2)C3. The highest BCUT2D eigenvalue weighted by Crippen LogP contribution is 2.73. The topological polar surface area (TPSA) is 422 Å². The van der Waals surface area contributed by atoms with Crippen molar-refractivity contribution in [2.75, 3.05) is 46.0 Å². The van der Waals surface area contributed by atoms with Crippen molar-refractivity contribution in [2.45, 2.75) is 94.8 Å². The molecule has 380 valence electrons. The fourth-order valence-electron chi connectivity index (χ4n) is 11.6. The van der Waals surface area contributed by atoms with Crippen LogP contribution in [0.5, 0.6) is 17.2 Å². The Balaban J connectivity index is 1.36. The molecule has 69 heavy (non-hydrogen) atoms. The van der Waals surface area contributed by atoms with E-state index in [0.717, 1.165) is 50.5 Å². The van der Waals surface area contributed by atoms with Gasteiger partial charge in [-0.1, -0.05) is 0 Å². The van der Waals surface area contributed by atoms with E-state index in [-0.39, 0.29) is 45.4 Å². The van der Waals surface area contributed by atoms with Gasteiger partial charge in [-0.15, -0.1) is 0 Å². The number of aliphatic hydroxyl groups is 9. The van der Waals surface area contributed by atoms with Gasteiger partial charge >= 0.3 is 0 Å². The van der Waals surface area contributed by atoms with Crippen LogP contribution in [0.15, 0.2) is 51.2 Å². The summed E-state index contributed by atoms with van der Waals surface area (Å²) in [7, 11) is 0. The molecule has 3 amide bonds. The quantitative estimate of drug-likeness (QED) is 0.0446. The highest BCUT2D eigenvalue weighted by atomic mass is 16.4. The van der Waals surface area contributed by atoms with Crippen molar-refractivity contribution < 1.29 is 75.7 Å². The van der Waals surface area contributed by atoms with Crippen molar-refractivity contribution in [1.82, 2.24) is 29.7 Å². The summed E-state index contributed by atoms with van der Waals surface area (Å²) < 4.78 is 3.11. The zero-order valence-corrected chi connectivity index (χ0v) is 37.5. The number of nitrogens with zero attached hydrogens (tertiary/aromatic N) is 3. The average Bonchev–Trinajstić information content (AvgIpc) is 3.31. The van der Waals surface area contributed by atoms with Gasteiger partial charge in [-0.3, -0.25) is 28.8 Å². The van der Waals surface area contributed by atoms with Crippen molar-refractivity contribution in [3.05, 3.63) is 84.5 Å². The maximum absolute atomic E-state index is 14.1. The molecule has 25 nitrogen and oxygen atoms in total. The Bertz CT molecular complexity index is 2300. The van der Waals surface area contributed by atoms with Crippen LogP contribution < -0.4 is 38.0 Å². The molecule has 4 bridgehead atoms. The normalized spacial score (nSPS) is 25.3. The summed E-state index contributed by atoms with van der Waals surface area (Å²) in [6.07, 6.45) is -4.49. The summed E-state index contributed by atoms with van der Waals surface area (Å²) >= 11 is 0. The third-order valence-electron chi connectivity index (χ3n) is 13.9. The van der Waals surface area contributed by atoms with Crippen LogP contribution in [-0.2, 0) is 19.6 Å². The van der Waals surface area contributed by atoms with Gasteiger partial charge < -0.3 is 96.7 Å². The number of hydrogen-bond acceptors (Lipinski definition) is 19. The Morgan fingerprint density at radius 3 is 0.957 bits per heavy atom. The zero-order chi connectivity index (χ0) is 50.8. The number of aliphatic hydroxyl groups excluding tert-OH is 9. The van der Waals surface area contributed by atoms with Crippen LogP contribution >= 0.6 is 0 Å². The second kappa shape index (κ2) is 20.7. The number of hydrogen-bond donors (Lipinski definition) is 16. The molecule has 0 radical (unpaired) electrons. The molecule has 3 heterocycles. The van der Waals surface area contributed by atoms with E-state index in [1.165, 1.54) is 0 Å². The molecule has 3 aromatic rings. The predicted octanol–water partition coefficient (Wildman–Crippen LogP) is -5.69. The number of carbonyl (C=O) groups excluding carboxylic acids is 3. The summed E-state index contributed by atoms with van der Waals surface area (Å²) in [4.78, 5) is 80.2. The fraction of sp³-hybridized carbons (Fsp3) is 0.591. The number of aromatic nitrogens is 3. The van der Waals surface area contributed by atoms with E-state index in [2.05, 4.69) is 16.0 Å². The standard InChI is InChI=1S/C44H61N7O18/c45-19-41-13-42(20-46-38(67)32-35(64)23(55)1-4-49(32)7-26(58)29(61)10-52)16-43(14-41,21-47-39(68)33-36(65)24(56)2-5-50(33)8-27(59)30(62)11-53)18-44(15-41,17-42)22-48-40(69)34-37(66)25(57)3-6-51(34)9-28(60)31(63)12-54/h1-6,26-31,52-54,58-66H,7-22,45H2,(H,46,67)(H,47,68)(H,48,69)/t26?,27?,28?,29?,30?,31?,41?,42-,43+,44-. The summed E-state index contributed by atoms with van der Waals surface area (Å²) in [5.74, 6) is -5.79. The molecular weight excluding hydrogens is 915 g/mol. The Morgan fingerprint density at radius 1 is 0.478 bits per heavy atom. The van der Waals surface area contributed by atoms with E-state index in [1.807, 2.05) is 0 Å². The molecule has 0 spiro atoms. The molecule has 4 saturated carbocycles. The zero-order valence-electron chi connectivity index (χ0n) is 37.5. The van der Waals surface area contributed by atoms with Gasteiger partial charge in [0.15, 0.2) is 34.3 Å². The Morgan fingerprint density at radius 2 is 0.725 bits per heavy atom. The molecule has 3 aromatic heterocycles. The van der Waals surface area contributed by atoms with Gasteiger partial charge in [-0.05, 0) is 66.7 Å². The molecule has 25 heteroatoms. The lowest BCUT2D eigenvalue weighted by atomic mass is 9.35. The van der Waals surface area contributed by atoms with Crippen LogP contribution in [0.3, 0.4) is 0 Å². The van der Waals surface area contributed by atoms with Crippen LogP contribution in [0.25, 0.3) is 0 Å². The van der Waals surface area contributed by atoms with Crippen LogP contribution in [-0.4, -0.2) is 175 Å². The minimum atomic E-state index is -1.64. The Hall–Kier alpha value is -5.74. The van der Waals surface area contributed by atoms with Gasteiger partial charge in [0.25, 0.3) is 17.7 Å². The molecule has 4 aliphatic carbocycles. The first-order chi connectivity index (χ1) is 32.5. The molecule has 4 aliphatic rings. The monoisotopic (exact) mass is 975 g/mol. The lowest BCUT2D eigenvalue weighted by Gasteiger charge is -2.71. The number of amides is 3. The first-order valence-electron chi connectivity index (χ1n) is 22.2. The van der Waals surface area contributed by atoms with E-state index in [1.54, 1.807) is 0 Å². The van der Waals surface area contributed by atoms with Gasteiger partial charge in [0.1, 0.15) is 18.3 Å². The predicted molar refractivity (Wildman–Crippen MR) is 238 cm³/mol.